The normalized spacial score (nSPS) is 17.4. The number of thiophene rings is 1. The summed E-state index contributed by atoms with van der Waals surface area (Å²) in [5, 5.41) is 1.73. The number of fused-ring (bicyclic) bond motifs is 1. The fourth-order valence-corrected chi connectivity index (χ4v) is 4.88. The number of methoxy groups -OCH3 is 1. The Labute approximate surface area is 167 Å². The second-order valence-electron chi connectivity index (χ2n) is 6.87. The van der Waals surface area contributed by atoms with E-state index >= 15 is 0 Å². The fraction of sp³-hybridized carbons (Fsp3) is 0.286. The monoisotopic (exact) mass is 400 g/mol. The molecule has 140 valence electrons. The lowest BCUT2D eigenvalue weighted by Gasteiger charge is -2.29. The summed E-state index contributed by atoms with van der Waals surface area (Å²) in [6.45, 7) is 1.85. The quantitative estimate of drug-likeness (QED) is 0.623. The Morgan fingerprint density at radius 1 is 1.26 bits per heavy atom. The van der Waals surface area contributed by atoms with Gasteiger partial charge in [0.15, 0.2) is 0 Å². The molecule has 0 spiro atoms. The number of hydrogen-bond acceptors (Lipinski definition) is 4. The zero-order valence-corrected chi connectivity index (χ0v) is 16.9. The van der Waals surface area contributed by atoms with Crippen molar-refractivity contribution < 1.29 is 9.53 Å². The molecule has 4 rings (SSSR count). The van der Waals surface area contributed by atoms with Gasteiger partial charge in [0.25, 0.3) is 5.91 Å². The molecule has 3 aromatic rings. The van der Waals surface area contributed by atoms with Crippen molar-refractivity contribution in [3.05, 3.63) is 58.4 Å². The summed E-state index contributed by atoms with van der Waals surface area (Å²) in [6.07, 6.45) is 0.955. The van der Waals surface area contributed by atoms with Gasteiger partial charge in [-0.1, -0.05) is 23.7 Å². The van der Waals surface area contributed by atoms with Crippen LogP contribution in [0.5, 0.6) is 5.75 Å². The van der Waals surface area contributed by atoms with Crippen LogP contribution < -0.4 is 9.64 Å². The maximum atomic E-state index is 13.5. The number of ether oxygens (including phenoxy) is 1. The van der Waals surface area contributed by atoms with Crippen molar-refractivity contribution in [3.63, 3.8) is 0 Å². The second kappa shape index (κ2) is 7.50. The third kappa shape index (κ3) is 3.68. The van der Waals surface area contributed by atoms with Crippen molar-refractivity contribution in [2.24, 2.45) is 0 Å². The van der Waals surface area contributed by atoms with Gasteiger partial charge in [0.1, 0.15) is 5.75 Å². The van der Waals surface area contributed by atoms with Gasteiger partial charge in [-0.05, 0) is 55.7 Å². The van der Waals surface area contributed by atoms with Gasteiger partial charge < -0.3 is 14.5 Å². The molecule has 0 radical (unpaired) electrons. The van der Waals surface area contributed by atoms with Crippen molar-refractivity contribution in [2.75, 3.05) is 32.1 Å². The summed E-state index contributed by atoms with van der Waals surface area (Å²) < 4.78 is 6.40. The molecular formula is C21H21ClN2O2S. The van der Waals surface area contributed by atoms with E-state index in [1.807, 2.05) is 53.4 Å². The van der Waals surface area contributed by atoms with Crippen molar-refractivity contribution in [1.82, 2.24) is 4.90 Å². The number of likely N-dealkylation sites (N-methyl/N-ethyl adjacent to an activating group) is 1. The van der Waals surface area contributed by atoms with Crippen LogP contribution in [0.2, 0.25) is 5.02 Å². The van der Waals surface area contributed by atoms with Gasteiger partial charge in [0.2, 0.25) is 0 Å². The highest BCUT2D eigenvalue weighted by molar-refractivity contribution is 7.21. The molecule has 27 heavy (non-hydrogen) atoms. The van der Waals surface area contributed by atoms with Crippen molar-refractivity contribution in [3.8, 4) is 5.75 Å². The summed E-state index contributed by atoms with van der Waals surface area (Å²) in [6, 6.07) is 15.6. The summed E-state index contributed by atoms with van der Waals surface area (Å²) in [4.78, 5) is 18.5. The molecule has 1 saturated heterocycles. The van der Waals surface area contributed by atoms with Gasteiger partial charge in [-0.25, -0.2) is 0 Å². The standard InChI is InChI=1S/C21H21ClN2O2S/c1-23-9-8-17(13-23)24(16-4-3-5-18(12-16)26-2)21(25)20-10-14-6-7-15(22)11-19(14)27-20/h3-7,10-12,17H,8-9,13H2,1-2H3. The lowest BCUT2D eigenvalue weighted by atomic mass is 10.1. The number of rotatable bonds is 4. The SMILES string of the molecule is COc1cccc(N(C(=O)c2cc3ccc(Cl)cc3s2)C2CCN(C)C2)c1. The molecule has 1 fully saturated rings. The highest BCUT2D eigenvalue weighted by Gasteiger charge is 2.32. The van der Waals surface area contributed by atoms with Crippen LogP contribution in [0, 0.1) is 0 Å². The van der Waals surface area contributed by atoms with E-state index in [1.54, 1.807) is 7.11 Å². The molecule has 1 atom stereocenters. The maximum Gasteiger partial charge on any atom is 0.268 e. The van der Waals surface area contributed by atoms with Crippen LogP contribution >= 0.6 is 22.9 Å². The summed E-state index contributed by atoms with van der Waals surface area (Å²) in [5.41, 5.74) is 0.870. The topological polar surface area (TPSA) is 32.8 Å². The Kier molecular flexibility index (Phi) is 5.08. The minimum absolute atomic E-state index is 0.0286. The number of benzene rings is 2. The number of carbonyl (C=O) groups is 1. The Morgan fingerprint density at radius 2 is 2.11 bits per heavy atom. The van der Waals surface area contributed by atoms with Crippen LogP contribution in [0.3, 0.4) is 0 Å². The van der Waals surface area contributed by atoms with E-state index in [0.29, 0.717) is 5.02 Å². The second-order valence-corrected chi connectivity index (χ2v) is 8.39. The molecule has 1 unspecified atom stereocenters. The fourth-order valence-electron chi connectivity index (χ4n) is 3.61. The van der Waals surface area contributed by atoms with Gasteiger partial charge in [-0.2, -0.15) is 0 Å². The van der Waals surface area contributed by atoms with Crippen LogP contribution in [0.15, 0.2) is 48.5 Å². The Morgan fingerprint density at radius 3 is 2.85 bits per heavy atom. The van der Waals surface area contributed by atoms with Gasteiger partial charge in [-0.15, -0.1) is 11.3 Å². The van der Waals surface area contributed by atoms with Crippen molar-refractivity contribution >= 4 is 44.6 Å². The van der Waals surface area contributed by atoms with E-state index in [2.05, 4.69) is 11.9 Å². The molecule has 0 aliphatic carbocycles. The van der Waals surface area contributed by atoms with Gasteiger partial charge in [0, 0.05) is 28.0 Å². The molecule has 6 heteroatoms. The van der Waals surface area contributed by atoms with E-state index in [-0.39, 0.29) is 11.9 Å². The molecule has 1 amide bonds. The van der Waals surface area contributed by atoms with Crippen LogP contribution in [0.1, 0.15) is 16.1 Å². The first-order valence-corrected chi connectivity index (χ1v) is 10.1. The number of amides is 1. The Bertz CT molecular complexity index is 987. The Hall–Kier alpha value is -2.08. The molecule has 1 aromatic heterocycles. The third-order valence-electron chi connectivity index (χ3n) is 4.97. The van der Waals surface area contributed by atoms with Gasteiger partial charge in [-0.3, -0.25) is 4.79 Å². The number of hydrogen-bond donors (Lipinski definition) is 0. The first-order valence-electron chi connectivity index (χ1n) is 8.90. The van der Waals surface area contributed by atoms with E-state index in [9.17, 15) is 4.79 Å². The van der Waals surface area contributed by atoms with Crippen LogP contribution in [-0.4, -0.2) is 44.1 Å². The average molecular weight is 401 g/mol. The molecule has 2 aromatic carbocycles. The number of nitrogens with zero attached hydrogens (tertiary/aromatic N) is 2. The first kappa shape index (κ1) is 18.3. The van der Waals surface area contributed by atoms with E-state index < -0.39 is 0 Å². The van der Waals surface area contributed by atoms with Gasteiger partial charge >= 0.3 is 0 Å². The van der Waals surface area contributed by atoms with Crippen LogP contribution in [0.4, 0.5) is 5.69 Å². The average Bonchev–Trinajstić information content (AvgIpc) is 3.28. The zero-order valence-electron chi connectivity index (χ0n) is 15.3. The molecule has 0 N–H and O–H groups in total. The predicted molar refractivity (Wildman–Crippen MR) is 113 cm³/mol. The van der Waals surface area contributed by atoms with E-state index in [0.717, 1.165) is 45.9 Å². The Balaban J connectivity index is 1.75. The molecule has 2 heterocycles. The molecule has 1 aliphatic rings. The molecule has 4 nitrogen and oxygen atoms in total. The zero-order chi connectivity index (χ0) is 19.0. The summed E-state index contributed by atoms with van der Waals surface area (Å²) >= 11 is 7.60. The predicted octanol–water partition coefficient (Wildman–Crippen LogP) is 4.91. The number of halogens is 1. The van der Waals surface area contributed by atoms with E-state index in [4.69, 9.17) is 16.3 Å². The molecular weight excluding hydrogens is 380 g/mol. The van der Waals surface area contributed by atoms with Crippen molar-refractivity contribution in [1.29, 1.82) is 0 Å². The highest BCUT2D eigenvalue weighted by atomic mass is 35.5. The molecule has 1 aliphatic heterocycles. The lowest BCUT2D eigenvalue weighted by Crippen LogP contribution is -2.41. The van der Waals surface area contributed by atoms with Crippen LogP contribution in [0.25, 0.3) is 10.1 Å². The first-order chi connectivity index (χ1) is 13.0. The highest BCUT2D eigenvalue weighted by Crippen LogP contribution is 2.33. The third-order valence-corrected chi connectivity index (χ3v) is 6.30. The molecule has 0 bridgehead atoms. The smallest absolute Gasteiger partial charge is 0.268 e. The minimum Gasteiger partial charge on any atom is -0.497 e. The number of likely N-dealkylation sites (tertiary alicyclic amines) is 1. The number of anilines is 1. The lowest BCUT2D eigenvalue weighted by molar-refractivity contribution is 0.0981. The summed E-state index contributed by atoms with van der Waals surface area (Å²) in [7, 11) is 3.74. The molecule has 0 saturated carbocycles. The number of carbonyl (C=O) groups excluding carboxylic acids is 1. The van der Waals surface area contributed by atoms with Crippen molar-refractivity contribution in [2.45, 2.75) is 12.5 Å². The van der Waals surface area contributed by atoms with E-state index in [1.165, 1.54) is 11.3 Å². The summed E-state index contributed by atoms with van der Waals surface area (Å²) in [5.74, 6) is 0.778. The van der Waals surface area contributed by atoms with Gasteiger partial charge in [0.05, 0.1) is 18.0 Å². The largest absolute Gasteiger partial charge is 0.497 e. The maximum absolute atomic E-state index is 13.5. The van der Waals surface area contributed by atoms with Crippen LogP contribution in [-0.2, 0) is 0 Å². The minimum atomic E-state index is 0.0286.